The third-order valence-corrected chi connectivity index (χ3v) is 5.06. The molecule has 1 unspecified atom stereocenters. The molecule has 1 aromatic rings. The number of halogens is 1. The minimum absolute atomic E-state index is 0.0702. The fourth-order valence-electron chi connectivity index (χ4n) is 3.32. The Morgan fingerprint density at radius 2 is 2.00 bits per heavy atom. The fourth-order valence-corrected chi connectivity index (χ4v) is 3.60. The van der Waals surface area contributed by atoms with Crippen molar-refractivity contribution in [1.29, 1.82) is 0 Å². The second-order valence-electron chi connectivity index (χ2n) is 8.03. The highest BCUT2D eigenvalue weighted by Crippen LogP contribution is 2.33. The van der Waals surface area contributed by atoms with Gasteiger partial charge in [-0.3, -0.25) is 9.59 Å². The van der Waals surface area contributed by atoms with Crippen molar-refractivity contribution in [2.75, 3.05) is 11.9 Å². The number of hydrogen-bond donors (Lipinski definition) is 1. The van der Waals surface area contributed by atoms with E-state index in [-0.39, 0.29) is 17.8 Å². The van der Waals surface area contributed by atoms with Crippen LogP contribution in [0, 0.1) is 0 Å². The Morgan fingerprint density at radius 1 is 1.26 bits per heavy atom. The Labute approximate surface area is 170 Å². The van der Waals surface area contributed by atoms with Crippen molar-refractivity contribution < 1.29 is 14.3 Å². The molecule has 0 fully saturated rings. The van der Waals surface area contributed by atoms with Gasteiger partial charge in [-0.2, -0.15) is 0 Å². The number of carbonyl (C=O) groups is 2. The lowest BCUT2D eigenvalue weighted by Crippen LogP contribution is -2.27. The van der Waals surface area contributed by atoms with Gasteiger partial charge in [0.15, 0.2) is 0 Å². The number of carbonyl (C=O) groups excluding carboxylic acids is 2. The van der Waals surface area contributed by atoms with Crippen molar-refractivity contribution >= 4 is 27.8 Å². The maximum atomic E-state index is 12.4. The normalized spacial score (nSPS) is 16.7. The van der Waals surface area contributed by atoms with E-state index in [0.717, 1.165) is 24.6 Å². The first-order valence-electron chi connectivity index (χ1n) is 9.58. The first kappa shape index (κ1) is 21.7. The largest absolute Gasteiger partial charge is 0.460 e. The minimum atomic E-state index is -0.483. The molecule has 1 amide bonds. The number of benzene rings is 1. The van der Waals surface area contributed by atoms with Crippen LogP contribution in [0.4, 0.5) is 0 Å². The Hall–Kier alpha value is -1.62. The molecule has 1 aromatic carbocycles. The molecule has 1 aliphatic rings. The zero-order valence-corrected chi connectivity index (χ0v) is 18.1. The van der Waals surface area contributed by atoms with Crippen LogP contribution < -0.4 is 5.32 Å². The van der Waals surface area contributed by atoms with Gasteiger partial charge in [-0.05, 0) is 57.1 Å². The molecule has 0 heterocycles. The predicted octanol–water partition coefficient (Wildman–Crippen LogP) is 4.67. The molecular weight excluding hydrogens is 406 g/mol. The third kappa shape index (κ3) is 7.49. The summed E-state index contributed by atoms with van der Waals surface area (Å²) in [4.78, 5) is 24.4. The summed E-state index contributed by atoms with van der Waals surface area (Å²) in [6, 6.07) is 8.28. The van der Waals surface area contributed by atoms with Gasteiger partial charge >= 0.3 is 5.97 Å². The highest BCUT2D eigenvalue weighted by Gasteiger charge is 2.25. The highest BCUT2D eigenvalue weighted by atomic mass is 79.9. The Morgan fingerprint density at radius 3 is 2.70 bits per heavy atom. The number of rotatable bonds is 7. The summed E-state index contributed by atoms with van der Waals surface area (Å²) in [5.74, 6) is -0.0324. The van der Waals surface area contributed by atoms with Gasteiger partial charge in [0.05, 0.1) is 6.42 Å². The fraction of sp³-hybridized carbons (Fsp3) is 0.545. The van der Waals surface area contributed by atoms with E-state index in [2.05, 4.69) is 39.5 Å². The smallest absolute Gasteiger partial charge is 0.306 e. The van der Waals surface area contributed by atoms with Crippen molar-refractivity contribution in [2.45, 2.75) is 64.4 Å². The third-order valence-electron chi connectivity index (χ3n) is 4.50. The van der Waals surface area contributed by atoms with E-state index >= 15 is 0 Å². The lowest BCUT2D eigenvalue weighted by molar-refractivity contribution is -0.155. The molecule has 1 atom stereocenters. The summed E-state index contributed by atoms with van der Waals surface area (Å²) in [6.45, 7) is 6.21. The number of nitrogens with one attached hydrogen (secondary N) is 1. The highest BCUT2D eigenvalue weighted by molar-refractivity contribution is 9.09. The van der Waals surface area contributed by atoms with Crippen LogP contribution in [0.25, 0.3) is 0 Å². The van der Waals surface area contributed by atoms with Crippen molar-refractivity contribution in [3.05, 3.63) is 47.0 Å². The van der Waals surface area contributed by atoms with E-state index in [9.17, 15) is 9.59 Å². The summed E-state index contributed by atoms with van der Waals surface area (Å²) < 4.78 is 5.54. The van der Waals surface area contributed by atoms with Crippen molar-refractivity contribution in [3.8, 4) is 0 Å². The first-order valence-corrected chi connectivity index (χ1v) is 10.7. The molecule has 5 heteroatoms. The quantitative estimate of drug-likeness (QED) is 0.384. The van der Waals surface area contributed by atoms with Gasteiger partial charge < -0.3 is 10.1 Å². The van der Waals surface area contributed by atoms with Gasteiger partial charge in [0.25, 0.3) is 0 Å². The molecule has 0 radical (unpaired) electrons. The minimum Gasteiger partial charge on any atom is -0.460 e. The van der Waals surface area contributed by atoms with E-state index in [1.54, 1.807) is 0 Å². The van der Waals surface area contributed by atoms with E-state index in [1.165, 1.54) is 16.7 Å². The topological polar surface area (TPSA) is 55.4 Å². The molecule has 1 aliphatic carbocycles. The molecule has 148 valence electrons. The molecule has 0 saturated heterocycles. The molecule has 0 saturated carbocycles. The molecule has 4 nitrogen and oxygen atoms in total. The van der Waals surface area contributed by atoms with E-state index in [0.29, 0.717) is 19.4 Å². The van der Waals surface area contributed by atoms with Crippen LogP contribution in [-0.2, 0) is 20.7 Å². The van der Waals surface area contributed by atoms with E-state index in [4.69, 9.17) is 4.74 Å². The number of hydrogen-bond acceptors (Lipinski definition) is 3. The summed E-state index contributed by atoms with van der Waals surface area (Å²) >= 11 is 3.35. The lowest BCUT2D eigenvalue weighted by atomic mass is 9.88. The van der Waals surface area contributed by atoms with Gasteiger partial charge in [0.2, 0.25) is 5.91 Å². The summed E-state index contributed by atoms with van der Waals surface area (Å²) in [5, 5.41) is 3.84. The predicted molar refractivity (Wildman–Crippen MR) is 112 cm³/mol. The Balaban J connectivity index is 2.07. The standard InChI is InChI=1S/C22H30BrNO3/c1-22(2,3)27-21(26)14-18-13-16(15-24-20(25)9-6-12-23)10-11-17-7-4-5-8-19(17)18/h4-5,7-8,10,18H,6,9,11-15H2,1-3H3,(H,24,25). The number of fused-ring (bicyclic) bond motifs is 1. The van der Waals surface area contributed by atoms with Crippen LogP contribution in [0.15, 0.2) is 35.9 Å². The van der Waals surface area contributed by atoms with Crippen LogP contribution in [0.1, 0.15) is 63.5 Å². The average Bonchev–Trinajstić information content (AvgIpc) is 2.76. The van der Waals surface area contributed by atoms with E-state index < -0.39 is 5.60 Å². The second-order valence-corrected chi connectivity index (χ2v) is 8.82. The summed E-state index contributed by atoms with van der Waals surface area (Å²) in [7, 11) is 0. The van der Waals surface area contributed by atoms with Crippen LogP contribution in [0.3, 0.4) is 0 Å². The lowest BCUT2D eigenvalue weighted by Gasteiger charge is -2.23. The monoisotopic (exact) mass is 435 g/mol. The Bertz CT molecular complexity index is 691. The van der Waals surface area contributed by atoms with Gasteiger partial charge in [0.1, 0.15) is 5.60 Å². The molecule has 27 heavy (non-hydrogen) atoms. The molecule has 0 bridgehead atoms. The maximum Gasteiger partial charge on any atom is 0.306 e. The number of allylic oxidation sites excluding steroid dienone is 1. The van der Waals surface area contributed by atoms with E-state index in [1.807, 2.05) is 32.9 Å². The van der Waals surface area contributed by atoms with Gasteiger partial charge in [-0.25, -0.2) is 0 Å². The molecule has 1 N–H and O–H groups in total. The maximum absolute atomic E-state index is 12.4. The number of amides is 1. The molecule has 0 aromatic heterocycles. The van der Waals surface area contributed by atoms with Gasteiger partial charge in [-0.15, -0.1) is 0 Å². The molecule has 0 spiro atoms. The van der Waals surface area contributed by atoms with Crippen molar-refractivity contribution in [2.24, 2.45) is 0 Å². The zero-order valence-electron chi connectivity index (χ0n) is 16.5. The van der Waals surface area contributed by atoms with Crippen LogP contribution in [0.2, 0.25) is 0 Å². The summed E-state index contributed by atoms with van der Waals surface area (Å²) in [5.41, 5.74) is 3.14. The van der Waals surface area contributed by atoms with Crippen LogP contribution in [0.5, 0.6) is 0 Å². The molecule has 2 rings (SSSR count). The zero-order chi connectivity index (χ0) is 19.9. The SMILES string of the molecule is CC(C)(C)OC(=O)CC1CC(CNC(=O)CCCBr)=CCc2ccccc21. The Kier molecular flexibility index (Phi) is 8.08. The van der Waals surface area contributed by atoms with Crippen LogP contribution in [-0.4, -0.2) is 29.4 Å². The van der Waals surface area contributed by atoms with Crippen molar-refractivity contribution in [3.63, 3.8) is 0 Å². The first-order chi connectivity index (χ1) is 12.8. The second kappa shape index (κ2) is 10.1. The average molecular weight is 436 g/mol. The van der Waals surface area contributed by atoms with Gasteiger partial charge in [-0.1, -0.05) is 51.8 Å². The molecular formula is C22H30BrNO3. The van der Waals surface area contributed by atoms with Crippen LogP contribution >= 0.6 is 15.9 Å². The number of ether oxygens (including phenoxy) is 1. The molecule has 0 aliphatic heterocycles. The number of esters is 1. The number of alkyl halides is 1. The summed E-state index contributed by atoms with van der Waals surface area (Å²) in [6.07, 6.45) is 5.49. The van der Waals surface area contributed by atoms with Gasteiger partial charge in [0, 0.05) is 18.3 Å². The van der Waals surface area contributed by atoms with Crippen molar-refractivity contribution in [1.82, 2.24) is 5.32 Å².